The lowest BCUT2D eigenvalue weighted by Gasteiger charge is -2.29. The summed E-state index contributed by atoms with van der Waals surface area (Å²) in [6.07, 6.45) is -1.25. The van der Waals surface area contributed by atoms with Crippen LogP contribution in [0.5, 0.6) is 5.88 Å². The van der Waals surface area contributed by atoms with Crippen molar-refractivity contribution < 1.29 is 19.0 Å². The molecule has 180 valence electrons. The van der Waals surface area contributed by atoms with Gasteiger partial charge in [0.1, 0.15) is 11.9 Å². The van der Waals surface area contributed by atoms with E-state index >= 15 is 4.39 Å². The smallest absolute Gasteiger partial charge is 0.233 e. The fraction of sp³-hybridized carbons (Fsp3) is 0.250. The zero-order valence-corrected chi connectivity index (χ0v) is 20.1. The van der Waals surface area contributed by atoms with E-state index in [4.69, 9.17) is 32.7 Å². The second-order valence-corrected chi connectivity index (χ2v) is 8.64. The van der Waals surface area contributed by atoms with Crippen molar-refractivity contribution in [1.29, 1.82) is 0 Å². The van der Waals surface area contributed by atoms with Gasteiger partial charge in [-0.2, -0.15) is 0 Å². The minimum Gasteiger partial charge on any atom is -0.480 e. The number of halogens is 3. The van der Waals surface area contributed by atoms with Gasteiger partial charge in [-0.25, -0.2) is 14.4 Å². The fourth-order valence-electron chi connectivity index (χ4n) is 4.01. The molecule has 1 aliphatic rings. The van der Waals surface area contributed by atoms with E-state index in [1.807, 2.05) is 18.2 Å². The molecule has 11 heteroatoms. The number of methoxy groups -OCH3 is 1. The topological polar surface area (TPSA) is 93.5 Å². The van der Waals surface area contributed by atoms with Crippen molar-refractivity contribution in [1.82, 2.24) is 20.2 Å². The number of hydrogen-bond acceptors (Lipinski definition) is 8. The maximum Gasteiger partial charge on any atom is 0.233 e. The molecule has 1 atom stereocenters. The standard InChI is InChI=1S/C24H20Cl2FN5O3/c1-34-21-5-4-19(30-31-21)23(33)15-11-16(18(27)12-17(15)25)22-14-3-2-13(32-6-8-35-9-7-32)10-20(14)28-24(26)29-22/h2-5,10-12,23,33H,6-9H2,1H3. The highest BCUT2D eigenvalue weighted by atomic mass is 35.5. The number of anilines is 1. The van der Waals surface area contributed by atoms with Gasteiger partial charge >= 0.3 is 0 Å². The SMILES string of the molecule is COc1ccc(C(O)c2cc(-c3nc(Cl)nc4cc(N5CCOCC5)ccc34)c(F)cc2Cl)nn1. The maximum atomic E-state index is 15.2. The summed E-state index contributed by atoms with van der Waals surface area (Å²) in [5.41, 5.74) is 2.42. The second kappa shape index (κ2) is 9.87. The van der Waals surface area contributed by atoms with E-state index in [9.17, 15) is 5.11 Å². The van der Waals surface area contributed by atoms with Gasteiger partial charge in [-0.3, -0.25) is 0 Å². The highest BCUT2D eigenvalue weighted by Crippen LogP contribution is 2.37. The summed E-state index contributed by atoms with van der Waals surface area (Å²) >= 11 is 12.5. The van der Waals surface area contributed by atoms with Crippen LogP contribution in [0.3, 0.4) is 0 Å². The van der Waals surface area contributed by atoms with E-state index in [1.165, 1.54) is 13.2 Å². The average Bonchev–Trinajstić information content (AvgIpc) is 2.88. The van der Waals surface area contributed by atoms with Crippen molar-refractivity contribution in [3.05, 3.63) is 69.8 Å². The Bertz CT molecular complexity index is 1380. The van der Waals surface area contributed by atoms with Gasteiger partial charge in [0.25, 0.3) is 0 Å². The van der Waals surface area contributed by atoms with Gasteiger partial charge in [-0.15, -0.1) is 10.2 Å². The van der Waals surface area contributed by atoms with Gasteiger partial charge < -0.3 is 19.5 Å². The minimum absolute atomic E-state index is 0.0240. The van der Waals surface area contributed by atoms with Gasteiger partial charge in [-0.1, -0.05) is 11.6 Å². The van der Waals surface area contributed by atoms with Gasteiger partial charge in [0.05, 0.1) is 37.2 Å². The Morgan fingerprint density at radius 1 is 1.06 bits per heavy atom. The predicted octanol–water partition coefficient (Wildman–Crippen LogP) is 4.46. The molecule has 2 aromatic carbocycles. The lowest BCUT2D eigenvalue weighted by Crippen LogP contribution is -2.36. The Morgan fingerprint density at radius 2 is 1.86 bits per heavy atom. The first-order valence-electron chi connectivity index (χ1n) is 10.8. The van der Waals surface area contributed by atoms with Crippen molar-refractivity contribution in [3.8, 4) is 17.1 Å². The molecule has 8 nitrogen and oxygen atoms in total. The zero-order chi connectivity index (χ0) is 24.5. The molecule has 1 aliphatic heterocycles. The lowest BCUT2D eigenvalue weighted by atomic mass is 9.99. The molecule has 35 heavy (non-hydrogen) atoms. The number of ether oxygens (including phenoxy) is 2. The van der Waals surface area contributed by atoms with Crippen LogP contribution in [0.15, 0.2) is 42.5 Å². The summed E-state index contributed by atoms with van der Waals surface area (Å²) in [5, 5.41) is 19.4. The fourth-order valence-corrected chi connectivity index (χ4v) is 4.44. The molecule has 0 bridgehead atoms. The molecular formula is C24H20Cl2FN5O3. The summed E-state index contributed by atoms with van der Waals surface area (Å²) < 4.78 is 25.6. The highest BCUT2D eigenvalue weighted by Gasteiger charge is 2.22. The number of rotatable bonds is 5. The van der Waals surface area contributed by atoms with Crippen LogP contribution in [0.25, 0.3) is 22.2 Å². The number of hydrogen-bond donors (Lipinski definition) is 1. The number of aliphatic hydroxyl groups is 1. The highest BCUT2D eigenvalue weighted by molar-refractivity contribution is 6.31. The van der Waals surface area contributed by atoms with Crippen LogP contribution in [0.4, 0.5) is 10.1 Å². The van der Waals surface area contributed by atoms with E-state index in [0.29, 0.717) is 30.0 Å². The monoisotopic (exact) mass is 515 g/mol. The first-order chi connectivity index (χ1) is 16.9. The number of nitrogens with zero attached hydrogens (tertiary/aromatic N) is 5. The minimum atomic E-state index is -1.25. The molecule has 3 heterocycles. The molecule has 4 aromatic rings. The molecule has 5 rings (SSSR count). The number of aliphatic hydroxyl groups excluding tert-OH is 1. The first kappa shape index (κ1) is 23.6. The Labute approximate surface area is 210 Å². The van der Waals surface area contributed by atoms with Crippen LogP contribution >= 0.6 is 23.2 Å². The normalized spacial score (nSPS) is 14.8. The van der Waals surface area contributed by atoms with Gasteiger partial charge in [0.2, 0.25) is 11.2 Å². The van der Waals surface area contributed by atoms with Crippen LogP contribution in [0.1, 0.15) is 17.4 Å². The lowest BCUT2D eigenvalue weighted by molar-refractivity contribution is 0.122. The van der Waals surface area contributed by atoms with E-state index < -0.39 is 11.9 Å². The molecule has 1 unspecified atom stereocenters. The summed E-state index contributed by atoms with van der Waals surface area (Å²) in [6.45, 7) is 2.82. The quantitative estimate of drug-likeness (QED) is 0.389. The Hall–Kier alpha value is -3.11. The van der Waals surface area contributed by atoms with E-state index in [2.05, 4.69) is 25.1 Å². The van der Waals surface area contributed by atoms with Crippen LogP contribution in [-0.2, 0) is 4.74 Å². The van der Waals surface area contributed by atoms with Crippen molar-refractivity contribution in [2.75, 3.05) is 38.3 Å². The van der Waals surface area contributed by atoms with Gasteiger partial charge in [0, 0.05) is 46.4 Å². The molecule has 0 spiro atoms. The number of morpholine rings is 1. The summed E-state index contributed by atoms with van der Waals surface area (Å²) in [6, 6.07) is 11.4. The third kappa shape index (κ3) is 4.72. The molecule has 2 aromatic heterocycles. The van der Waals surface area contributed by atoms with Crippen molar-refractivity contribution >= 4 is 39.8 Å². The van der Waals surface area contributed by atoms with Crippen molar-refractivity contribution in [2.24, 2.45) is 0 Å². The van der Waals surface area contributed by atoms with E-state index in [1.54, 1.807) is 12.1 Å². The predicted molar refractivity (Wildman–Crippen MR) is 131 cm³/mol. The van der Waals surface area contributed by atoms with Gasteiger partial charge in [-0.05, 0) is 48.0 Å². The molecule has 0 aliphatic carbocycles. The van der Waals surface area contributed by atoms with Crippen molar-refractivity contribution in [3.63, 3.8) is 0 Å². The average molecular weight is 516 g/mol. The van der Waals surface area contributed by atoms with Crippen LogP contribution < -0.4 is 9.64 Å². The summed E-state index contributed by atoms with van der Waals surface area (Å²) in [4.78, 5) is 10.9. The summed E-state index contributed by atoms with van der Waals surface area (Å²) in [5.74, 6) is -0.314. The summed E-state index contributed by atoms with van der Waals surface area (Å²) in [7, 11) is 1.46. The molecule has 1 fully saturated rings. The third-order valence-electron chi connectivity index (χ3n) is 5.82. The first-order valence-corrected chi connectivity index (χ1v) is 11.5. The molecule has 0 radical (unpaired) electrons. The van der Waals surface area contributed by atoms with Gasteiger partial charge in [0.15, 0.2) is 0 Å². The molecule has 0 amide bonds. The number of benzene rings is 2. The van der Waals surface area contributed by atoms with Crippen LogP contribution in [0.2, 0.25) is 10.3 Å². The molecule has 1 saturated heterocycles. The van der Waals surface area contributed by atoms with Crippen molar-refractivity contribution in [2.45, 2.75) is 6.10 Å². The Balaban J connectivity index is 1.59. The molecule has 0 saturated carbocycles. The van der Waals surface area contributed by atoms with E-state index in [0.717, 1.165) is 24.8 Å². The number of aromatic nitrogens is 4. The third-order valence-corrected chi connectivity index (χ3v) is 6.31. The Kier molecular flexibility index (Phi) is 6.66. The number of fused-ring (bicyclic) bond motifs is 1. The van der Waals surface area contributed by atoms with Crippen LogP contribution in [-0.4, -0.2) is 58.7 Å². The van der Waals surface area contributed by atoms with E-state index in [-0.39, 0.29) is 32.8 Å². The van der Waals surface area contributed by atoms with Crippen LogP contribution in [0, 0.1) is 5.82 Å². The Morgan fingerprint density at radius 3 is 2.57 bits per heavy atom. The maximum absolute atomic E-state index is 15.2. The largest absolute Gasteiger partial charge is 0.480 e. The molecular weight excluding hydrogens is 496 g/mol. The molecule has 1 N–H and O–H groups in total. The zero-order valence-electron chi connectivity index (χ0n) is 18.6. The second-order valence-electron chi connectivity index (χ2n) is 7.90.